The van der Waals surface area contributed by atoms with Gasteiger partial charge in [-0.1, -0.05) is 25.3 Å². The summed E-state index contributed by atoms with van der Waals surface area (Å²) in [6.07, 6.45) is 12.3. The van der Waals surface area contributed by atoms with Crippen LogP contribution in [-0.4, -0.2) is 6.21 Å². The van der Waals surface area contributed by atoms with Crippen LogP contribution in [0.25, 0.3) is 0 Å². The topological polar surface area (TPSA) is 23.9 Å². The largest absolute Gasteiger partial charge is 0.309 e. The molecule has 0 aromatic rings. The molecule has 1 aliphatic carbocycles. The molecule has 0 radical (unpaired) electrons. The van der Waals surface area contributed by atoms with Crippen molar-refractivity contribution in [2.45, 2.75) is 32.1 Å². The molecule has 56 valence electrons. The normalized spacial score (nSPS) is 21.6. The number of nitrogens with one attached hydrogen (secondary N) is 1. The van der Waals surface area contributed by atoms with Crippen LogP contribution in [0.4, 0.5) is 0 Å². The van der Waals surface area contributed by atoms with Crippen LogP contribution in [0.3, 0.4) is 0 Å². The van der Waals surface area contributed by atoms with Gasteiger partial charge in [0.05, 0.1) is 0 Å². The van der Waals surface area contributed by atoms with Gasteiger partial charge in [-0.3, -0.25) is 0 Å². The lowest BCUT2D eigenvalue weighted by Gasteiger charge is -2.17. The summed E-state index contributed by atoms with van der Waals surface area (Å²) in [5.74, 6) is 0.773. The van der Waals surface area contributed by atoms with E-state index >= 15 is 0 Å². The first-order valence-electron chi connectivity index (χ1n) is 4.11. The van der Waals surface area contributed by atoms with Gasteiger partial charge in [-0.25, -0.2) is 0 Å². The average molecular weight is 137 g/mol. The third-order valence-electron chi connectivity index (χ3n) is 2.13. The van der Waals surface area contributed by atoms with Crippen LogP contribution in [0.15, 0.2) is 12.2 Å². The second kappa shape index (κ2) is 4.26. The van der Waals surface area contributed by atoms with Gasteiger partial charge in [-0.15, -0.1) is 0 Å². The molecule has 1 aliphatic rings. The van der Waals surface area contributed by atoms with Crippen LogP contribution in [-0.2, 0) is 0 Å². The fourth-order valence-corrected chi connectivity index (χ4v) is 1.54. The molecule has 0 amide bonds. The van der Waals surface area contributed by atoms with Gasteiger partial charge >= 0.3 is 0 Å². The summed E-state index contributed by atoms with van der Waals surface area (Å²) in [6.45, 7) is 0. The third-order valence-corrected chi connectivity index (χ3v) is 2.13. The van der Waals surface area contributed by atoms with E-state index in [1.165, 1.54) is 38.3 Å². The van der Waals surface area contributed by atoms with Crippen molar-refractivity contribution in [1.29, 1.82) is 5.41 Å². The summed E-state index contributed by atoms with van der Waals surface area (Å²) < 4.78 is 0. The van der Waals surface area contributed by atoms with Gasteiger partial charge < -0.3 is 5.41 Å². The van der Waals surface area contributed by atoms with E-state index in [-0.39, 0.29) is 0 Å². The molecule has 0 atom stereocenters. The van der Waals surface area contributed by atoms with E-state index in [2.05, 4.69) is 6.08 Å². The minimum Gasteiger partial charge on any atom is -0.309 e. The second-order valence-corrected chi connectivity index (χ2v) is 2.95. The Morgan fingerprint density at radius 2 is 1.80 bits per heavy atom. The van der Waals surface area contributed by atoms with Crippen LogP contribution >= 0.6 is 0 Å². The van der Waals surface area contributed by atoms with Crippen LogP contribution < -0.4 is 0 Å². The maximum atomic E-state index is 6.81. The van der Waals surface area contributed by atoms with E-state index in [9.17, 15) is 0 Å². The van der Waals surface area contributed by atoms with Crippen LogP contribution in [0.1, 0.15) is 32.1 Å². The van der Waals surface area contributed by atoms with Crippen molar-refractivity contribution >= 4 is 6.21 Å². The van der Waals surface area contributed by atoms with E-state index in [1.54, 1.807) is 0 Å². The van der Waals surface area contributed by atoms with E-state index in [0.29, 0.717) is 0 Å². The van der Waals surface area contributed by atoms with E-state index in [4.69, 9.17) is 5.41 Å². The molecule has 1 saturated carbocycles. The molecule has 0 heterocycles. The van der Waals surface area contributed by atoms with Gasteiger partial charge in [0.1, 0.15) is 0 Å². The van der Waals surface area contributed by atoms with Crippen molar-refractivity contribution < 1.29 is 0 Å². The summed E-state index contributed by atoms with van der Waals surface area (Å²) in [7, 11) is 0. The van der Waals surface area contributed by atoms with Crippen molar-refractivity contribution in [1.82, 2.24) is 0 Å². The SMILES string of the molecule is N=C/C=C/C1CCCCC1. The molecule has 1 heteroatoms. The van der Waals surface area contributed by atoms with Crippen molar-refractivity contribution in [2.75, 3.05) is 0 Å². The fourth-order valence-electron chi connectivity index (χ4n) is 1.54. The molecule has 1 nitrogen and oxygen atoms in total. The van der Waals surface area contributed by atoms with Gasteiger partial charge in [0, 0.05) is 6.21 Å². The van der Waals surface area contributed by atoms with Gasteiger partial charge in [-0.05, 0) is 24.8 Å². The Labute approximate surface area is 62.6 Å². The summed E-state index contributed by atoms with van der Waals surface area (Å²) >= 11 is 0. The Bertz CT molecular complexity index is 121. The quantitative estimate of drug-likeness (QED) is 0.566. The van der Waals surface area contributed by atoms with Crippen LogP contribution in [0.2, 0.25) is 0 Å². The zero-order valence-electron chi connectivity index (χ0n) is 6.34. The highest BCUT2D eigenvalue weighted by atomic mass is 14.3. The average Bonchev–Trinajstić information content (AvgIpc) is 2.03. The maximum Gasteiger partial charge on any atom is 0.0174 e. The van der Waals surface area contributed by atoms with Crippen molar-refractivity contribution in [2.24, 2.45) is 5.92 Å². The van der Waals surface area contributed by atoms with Gasteiger partial charge in [-0.2, -0.15) is 0 Å². The summed E-state index contributed by atoms with van der Waals surface area (Å²) in [5.41, 5.74) is 0. The van der Waals surface area contributed by atoms with Crippen molar-refractivity contribution in [3.63, 3.8) is 0 Å². The monoisotopic (exact) mass is 137 g/mol. The molecule has 1 N–H and O–H groups in total. The fraction of sp³-hybridized carbons (Fsp3) is 0.667. The highest BCUT2D eigenvalue weighted by Crippen LogP contribution is 2.24. The Balaban J connectivity index is 2.25. The Kier molecular flexibility index (Phi) is 3.20. The molecule has 0 spiro atoms. The zero-order chi connectivity index (χ0) is 7.23. The van der Waals surface area contributed by atoms with E-state index in [0.717, 1.165) is 5.92 Å². The Morgan fingerprint density at radius 3 is 2.40 bits per heavy atom. The molecular weight excluding hydrogens is 122 g/mol. The van der Waals surface area contributed by atoms with E-state index in [1.807, 2.05) is 6.08 Å². The number of allylic oxidation sites excluding steroid dienone is 2. The minimum atomic E-state index is 0.773. The number of rotatable bonds is 2. The number of hydrogen-bond acceptors (Lipinski definition) is 1. The lowest BCUT2D eigenvalue weighted by Crippen LogP contribution is -2.02. The predicted octanol–water partition coefficient (Wildman–Crippen LogP) is 2.77. The van der Waals surface area contributed by atoms with E-state index < -0.39 is 0 Å². The first kappa shape index (κ1) is 7.52. The molecule has 0 bridgehead atoms. The molecule has 0 saturated heterocycles. The predicted molar refractivity (Wildman–Crippen MR) is 44.5 cm³/mol. The molecule has 0 aromatic carbocycles. The minimum absolute atomic E-state index is 0.773. The van der Waals surface area contributed by atoms with Crippen molar-refractivity contribution in [3.8, 4) is 0 Å². The molecule has 1 rings (SSSR count). The Morgan fingerprint density at radius 1 is 1.10 bits per heavy atom. The molecule has 0 unspecified atom stereocenters. The lowest BCUT2D eigenvalue weighted by molar-refractivity contribution is 0.419. The molecule has 10 heavy (non-hydrogen) atoms. The van der Waals surface area contributed by atoms with Crippen molar-refractivity contribution in [3.05, 3.63) is 12.2 Å². The highest BCUT2D eigenvalue weighted by molar-refractivity contribution is 5.67. The first-order valence-corrected chi connectivity index (χ1v) is 4.11. The van der Waals surface area contributed by atoms with Gasteiger partial charge in [0.15, 0.2) is 0 Å². The number of hydrogen-bond donors (Lipinski definition) is 1. The standard InChI is InChI=1S/C9H15N/c10-8-4-7-9-5-2-1-3-6-9/h4,7-10H,1-3,5-6H2/b7-4+,10-8?. The molecular formula is C9H15N. The second-order valence-electron chi connectivity index (χ2n) is 2.95. The van der Waals surface area contributed by atoms with Crippen LogP contribution in [0.5, 0.6) is 0 Å². The van der Waals surface area contributed by atoms with Crippen LogP contribution in [0, 0.1) is 11.3 Å². The summed E-state index contributed by atoms with van der Waals surface area (Å²) in [5, 5.41) is 6.81. The zero-order valence-corrected chi connectivity index (χ0v) is 6.34. The first-order chi connectivity index (χ1) is 4.93. The van der Waals surface area contributed by atoms with Gasteiger partial charge in [0.2, 0.25) is 0 Å². The van der Waals surface area contributed by atoms with Gasteiger partial charge in [0.25, 0.3) is 0 Å². The highest BCUT2D eigenvalue weighted by Gasteiger charge is 2.08. The third kappa shape index (κ3) is 2.34. The maximum absolute atomic E-state index is 6.81. The summed E-state index contributed by atoms with van der Waals surface area (Å²) in [4.78, 5) is 0. The molecule has 0 aromatic heterocycles. The Hall–Kier alpha value is -0.590. The molecule has 1 fully saturated rings. The summed E-state index contributed by atoms with van der Waals surface area (Å²) in [6, 6.07) is 0. The smallest absolute Gasteiger partial charge is 0.0174 e. The lowest BCUT2D eigenvalue weighted by atomic mass is 9.89. The molecule has 0 aliphatic heterocycles.